The molecule has 0 saturated heterocycles. The Hall–Kier alpha value is 0.606. The van der Waals surface area contributed by atoms with Crippen LogP contribution < -0.4 is 69.0 Å². The van der Waals surface area contributed by atoms with E-state index < -0.39 is 26.8 Å². The SMILES string of the molecule is N.NC(N)=O.O=S(=O)(O)O.O=S(=O)([O-])O.[K+]. The zero-order valence-corrected chi connectivity index (χ0v) is 12.7. The molecule has 12 nitrogen and oxygen atoms in total. The molecule has 96 valence electrons. The van der Waals surface area contributed by atoms with Gasteiger partial charge in [0.2, 0.25) is 10.4 Å². The maximum Gasteiger partial charge on any atom is 1.00 e. The first-order chi connectivity index (χ1) is 5.73. The molecule has 0 unspecified atom stereocenters. The van der Waals surface area contributed by atoms with Crippen molar-refractivity contribution in [2.75, 3.05) is 0 Å². The zero-order chi connectivity index (χ0) is 12.6. The van der Waals surface area contributed by atoms with Gasteiger partial charge in [-0.1, -0.05) is 0 Å². The number of urea groups is 1. The molecule has 2 amide bonds. The molecule has 0 aromatic heterocycles. The molecule has 0 aromatic carbocycles. The number of carbonyl (C=O) groups is 1. The summed E-state index contributed by atoms with van der Waals surface area (Å²) in [6.07, 6.45) is 0. The molecule has 0 heterocycles. The average molecular weight is 311 g/mol. The maximum atomic E-state index is 9.00. The van der Waals surface area contributed by atoms with Crippen LogP contribution in [0, 0.1) is 0 Å². The monoisotopic (exact) mass is 311 g/mol. The number of rotatable bonds is 0. The van der Waals surface area contributed by atoms with Crippen molar-refractivity contribution in [2.45, 2.75) is 0 Å². The maximum absolute atomic E-state index is 9.00. The predicted molar refractivity (Wildman–Crippen MR) is 45.3 cm³/mol. The van der Waals surface area contributed by atoms with E-state index in [-0.39, 0.29) is 57.5 Å². The normalized spacial score (nSPS) is 8.75. The first-order valence-corrected chi connectivity index (χ1v) is 4.92. The fraction of sp³-hybridized carbons (Fsp3) is 0. The molecule has 0 aliphatic carbocycles. The smallest absolute Gasteiger partial charge is 0.726 e. The number of nitrogens with two attached hydrogens (primary N) is 2. The van der Waals surface area contributed by atoms with Gasteiger partial charge in [-0.05, 0) is 0 Å². The molecule has 0 aliphatic rings. The van der Waals surface area contributed by atoms with Crippen LogP contribution in [0.4, 0.5) is 4.79 Å². The van der Waals surface area contributed by atoms with Crippen molar-refractivity contribution in [1.82, 2.24) is 6.15 Å². The fourth-order valence-corrected chi connectivity index (χ4v) is 0. The van der Waals surface area contributed by atoms with Crippen molar-refractivity contribution in [3.63, 3.8) is 0 Å². The Kier molecular flexibility index (Phi) is 25.7. The summed E-state index contributed by atoms with van der Waals surface area (Å²) in [7, 11) is -9.58. The molecule has 16 heavy (non-hydrogen) atoms. The van der Waals surface area contributed by atoms with E-state index in [1.807, 2.05) is 0 Å². The summed E-state index contributed by atoms with van der Waals surface area (Å²) in [6, 6.07) is -0.833. The van der Waals surface area contributed by atoms with Crippen LogP contribution >= 0.6 is 0 Å². The Morgan fingerprint density at radius 3 is 1.00 bits per heavy atom. The predicted octanol–water partition coefficient (Wildman–Crippen LogP) is -5.46. The van der Waals surface area contributed by atoms with Gasteiger partial charge in [-0.15, -0.1) is 0 Å². The second kappa shape index (κ2) is 13.7. The van der Waals surface area contributed by atoms with Crippen LogP contribution in [0.5, 0.6) is 0 Å². The molecule has 10 N–H and O–H groups in total. The molecule has 0 aromatic rings. The third-order valence-electron chi connectivity index (χ3n) is 0. The van der Waals surface area contributed by atoms with Crippen LogP contribution in [0.3, 0.4) is 0 Å². The van der Waals surface area contributed by atoms with E-state index in [1.165, 1.54) is 0 Å². The molecule has 0 fully saturated rings. The summed E-state index contributed by atoms with van der Waals surface area (Å²) in [4.78, 5) is 9.00. The summed E-state index contributed by atoms with van der Waals surface area (Å²) >= 11 is 0. The summed E-state index contributed by atoms with van der Waals surface area (Å²) in [5.74, 6) is 0. The van der Waals surface area contributed by atoms with E-state index in [4.69, 9.17) is 39.8 Å². The first-order valence-electron chi connectivity index (χ1n) is 2.16. The molecule has 15 heteroatoms. The van der Waals surface area contributed by atoms with Crippen molar-refractivity contribution in [3.8, 4) is 0 Å². The summed E-state index contributed by atoms with van der Waals surface area (Å²) in [5.41, 5.74) is 8.50. The van der Waals surface area contributed by atoms with E-state index in [2.05, 4.69) is 11.5 Å². The minimum atomic E-state index is -4.92. The molecule has 0 atom stereocenters. The second-order valence-corrected chi connectivity index (χ2v) is 3.03. The number of hydrogen-bond acceptors (Lipinski definition) is 7. The fourth-order valence-electron chi connectivity index (χ4n) is 0. The van der Waals surface area contributed by atoms with Crippen LogP contribution in [0.2, 0.25) is 0 Å². The van der Waals surface area contributed by atoms with Gasteiger partial charge in [0.05, 0.1) is 0 Å². The van der Waals surface area contributed by atoms with Crippen molar-refractivity contribution in [2.24, 2.45) is 11.5 Å². The third kappa shape index (κ3) is 7350. The van der Waals surface area contributed by atoms with Gasteiger partial charge in [0.15, 0.2) is 0 Å². The summed E-state index contributed by atoms with van der Waals surface area (Å²) in [6.45, 7) is 0. The van der Waals surface area contributed by atoms with Crippen LogP contribution in [-0.4, -0.2) is 41.1 Å². The second-order valence-electron chi connectivity index (χ2n) is 1.28. The minimum absolute atomic E-state index is 0. The van der Waals surface area contributed by atoms with E-state index in [0.717, 1.165) is 0 Å². The molecule has 0 bridgehead atoms. The zero-order valence-electron chi connectivity index (χ0n) is 7.97. The quantitative estimate of drug-likeness (QED) is 0.140. The van der Waals surface area contributed by atoms with Crippen LogP contribution in [0.25, 0.3) is 0 Å². The minimum Gasteiger partial charge on any atom is -0.726 e. The van der Waals surface area contributed by atoms with Gasteiger partial charge < -0.3 is 22.2 Å². The van der Waals surface area contributed by atoms with Crippen molar-refractivity contribution < 1.29 is 91.2 Å². The number of primary amides is 2. The average Bonchev–Trinajstić information content (AvgIpc) is 1.45. The van der Waals surface area contributed by atoms with Gasteiger partial charge in [-0.3, -0.25) is 13.7 Å². The van der Waals surface area contributed by atoms with Gasteiger partial charge in [0.25, 0.3) is 0 Å². The Morgan fingerprint density at radius 2 is 1.00 bits per heavy atom. The number of amides is 2. The molecule has 0 rings (SSSR count). The van der Waals surface area contributed by atoms with Crippen molar-refractivity contribution in [1.29, 1.82) is 0 Å². The van der Waals surface area contributed by atoms with Gasteiger partial charge in [0.1, 0.15) is 0 Å². The summed E-state index contributed by atoms with van der Waals surface area (Å²) < 4.78 is 64.4. The molecule has 0 radical (unpaired) electrons. The van der Waals surface area contributed by atoms with Crippen LogP contribution in [-0.2, 0) is 20.8 Å². The number of hydrogen-bond donors (Lipinski definition) is 6. The first kappa shape index (κ1) is 30.0. The number of carbonyl (C=O) groups excluding carboxylic acids is 1. The van der Waals surface area contributed by atoms with Crippen molar-refractivity contribution in [3.05, 3.63) is 0 Å². The molecular weight excluding hydrogens is 301 g/mol. The topological polar surface area (TPSA) is 256 Å². The molecule has 0 spiro atoms. The molecular formula is CH10KN3O9S2. The van der Waals surface area contributed by atoms with Gasteiger partial charge in [0, 0.05) is 0 Å². The van der Waals surface area contributed by atoms with Crippen LogP contribution in [0.1, 0.15) is 0 Å². The van der Waals surface area contributed by atoms with Crippen LogP contribution in [0.15, 0.2) is 0 Å². The van der Waals surface area contributed by atoms with E-state index in [0.29, 0.717) is 0 Å². The van der Waals surface area contributed by atoms with E-state index in [1.54, 1.807) is 0 Å². The standard InChI is InChI=1S/CH4N2O.K.H3N.2H2O4S/c2-1(3)4;;;2*1-5(2,3)4/h(H4,2,3,4);;1H3;2*(H2,1,2,3,4)/q;+1;;;/p-1. The largest absolute Gasteiger partial charge is 1.00 e. The summed E-state index contributed by atoms with van der Waals surface area (Å²) in [5, 5.41) is 0. The Labute approximate surface area is 134 Å². The Morgan fingerprint density at radius 1 is 1.00 bits per heavy atom. The van der Waals surface area contributed by atoms with E-state index in [9.17, 15) is 0 Å². The third-order valence-corrected chi connectivity index (χ3v) is 0. The van der Waals surface area contributed by atoms with Gasteiger partial charge >= 0.3 is 67.8 Å². The molecule has 0 aliphatic heterocycles. The van der Waals surface area contributed by atoms with Gasteiger partial charge in [-0.25, -0.2) is 13.2 Å². The Balaban J connectivity index is -0.0000000358. The molecule has 0 saturated carbocycles. The van der Waals surface area contributed by atoms with E-state index >= 15 is 0 Å². The van der Waals surface area contributed by atoms with Gasteiger partial charge in [-0.2, -0.15) is 8.42 Å². The Bertz CT molecular complexity index is 295. The van der Waals surface area contributed by atoms with Crippen molar-refractivity contribution >= 4 is 26.8 Å².